The SMILES string of the molecule is CCC(C)(CCBr)NC(=O)Cc1ccccc1F. The molecule has 0 heterocycles. The van der Waals surface area contributed by atoms with Crippen molar-refractivity contribution in [2.75, 3.05) is 5.33 Å². The Labute approximate surface area is 116 Å². The summed E-state index contributed by atoms with van der Waals surface area (Å²) in [6, 6.07) is 6.38. The lowest BCUT2D eigenvalue weighted by atomic mass is 9.95. The van der Waals surface area contributed by atoms with Crippen LogP contribution in [-0.2, 0) is 11.2 Å². The van der Waals surface area contributed by atoms with E-state index >= 15 is 0 Å². The smallest absolute Gasteiger partial charge is 0.224 e. The molecule has 1 amide bonds. The number of carbonyl (C=O) groups is 1. The van der Waals surface area contributed by atoms with E-state index in [-0.39, 0.29) is 23.7 Å². The summed E-state index contributed by atoms with van der Waals surface area (Å²) in [6.07, 6.45) is 1.79. The zero-order chi connectivity index (χ0) is 13.6. The number of benzene rings is 1. The number of amides is 1. The van der Waals surface area contributed by atoms with E-state index in [1.165, 1.54) is 6.07 Å². The first-order chi connectivity index (χ1) is 8.50. The molecule has 0 radical (unpaired) electrons. The largest absolute Gasteiger partial charge is 0.351 e. The second-order valence-electron chi connectivity index (χ2n) is 4.67. The molecule has 18 heavy (non-hydrogen) atoms. The predicted octanol–water partition coefficient (Wildman–Crippen LogP) is 3.44. The summed E-state index contributed by atoms with van der Waals surface area (Å²) in [5, 5.41) is 3.81. The minimum absolute atomic E-state index is 0.0878. The molecule has 0 fully saturated rings. The van der Waals surface area contributed by atoms with Gasteiger partial charge in [-0.15, -0.1) is 0 Å². The Hall–Kier alpha value is -0.900. The summed E-state index contributed by atoms with van der Waals surface area (Å²) in [6.45, 7) is 4.04. The molecule has 100 valence electrons. The summed E-state index contributed by atoms with van der Waals surface area (Å²) in [5.74, 6) is -0.461. The summed E-state index contributed by atoms with van der Waals surface area (Å²) in [7, 11) is 0. The topological polar surface area (TPSA) is 29.1 Å². The zero-order valence-electron chi connectivity index (χ0n) is 10.8. The second-order valence-corrected chi connectivity index (χ2v) is 5.46. The van der Waals surface area contributed by atoms with Crippen molar-refractivity contribution >= 4 is 21.8 Å². The molecular formula is C14H19BrFNO. The molecule has 1 aromatic rings. The van der Waals surface area contributed by atoms with Crippen molar-refractivity contribution in [3.8, 4) is 0 Å². The van der Waals surface area contributed by atoms with Crippen LogP contribution in [0.1, 0.15) is 32.3 Å². The second kappa shape index (κ2) is 6.88. The first-order valence-corrected chi connectivity index (χ1v) is 7.23. The fourth-order valence-electron chi connectivity index (χ4n) is 1.73. The molecule has 0 bridgehead atoms. The number of hydrogen-bond donors (Lipinski definition) is 1. The van der Waals surface area contributed by atoms with Gasteiger partial charge in [0, 0.05) is 10.9 Å². The van der Waals surface area contributed by atoms with Gasteiger partial charge in [0.2, 0.25) is 5.91 Å². The van der Waals surface area contributed by atoms with Gasteiger partial charge in [-0.25, -0.2) is 4.39 Å². The summed E-state index contributed by atoms with van der Waals surface area (Å²) >= 11 is 3.38. The Bertz CT molecular complexity index is 411. The molecule has 1 unspecified atom stereocenters. The standard InChI is InChI=1S/C14H19BrFNO/c1-3-14(2,8-9-15)17-13(18)10-11-6-4-5-7-12(11)16/h4-7H,3,8-10H2,1-2H3,(H,17,18). The highest BCUT2D eigenvalue weighted by Crippen LogP contribution is 2.16. The predicted molar refractivity (Wildman–Crippen MR) is 75.4 cm³/mol. The minimum Gasteiger partial charge on any atom is -0.351 e. The van der Waals surface area contributed by atoms with Crippen molar-refractivity contribution in [1.29, 1.82) is 0 Å². The normalized spacial score (nSPS) is 14.0. The number of nitrogens with one attached hydrogen (secondary N) is 1. The van der Waals surface area contributed by atoms with Crippen molar-refractivity contribution in [1.82, 2.24) is 5.32 Å². The van der Waals surface area contributed by atoms with Crippen LogP contribution in [0.25, 0.3) is 0 Å². The van der Waals surface area contributed by atoms with E-state index in [2.05, 4.69) is 21.2 Å². The van der Waals surface area contributed by atoms with Gasteiger partial charge in [0.25, 0.3) is 0 Å². The maximum absolute atomic E-state index is 13.4. The van der Waals surface area contributed by atoms with Gasteiger partial charge in [0.05, 0.1) is 6.42 Å². The van der Waals surface area contributed by atoms with Crippen LogP contribution in [0, 0.1) is 5.82 Å². The van der Waals surface area contributed by atoms with E-state index in [0.717, 1.165) is 18.2 Å². The van der Waals surface area contributed by atoms with Crippen LogP contribution >= 0.6 is 15.9 Å². The molecule has 0 aromatic heterocycles. The van der Waals surface area contributed by atoms with Gasteiger partial charge in [-0.1, -0.05) is 41.1 Å². The Kier molecular flexibility index (Phi) is 5.79. The maximum atomic E-state index is 13.4. The molecule has 0 saturated carbocycles. The van der Waals surface area contributed by atoms with Crippen LogP contribution in [0.15, 0.2) is 24.3 Å². The van der Waals surface area contributed by atoms with Gasteiger partial charge in [-0.3, -0.25) is 4.79 Å². The van der Waals surface area contributed by atoms with E-state index in [1.54, 1.807) is 18.2 Å². The molecular weight excluding hydrogens is 297 g/mol. The van der Waals surface area contributed by atoms with Crippen LogP contribution in [0.3, 0.4) is 0 Å². The van der Waals surface area contributed by atoms with Crippen molar-refractivity contribution < 1.29 is 9.18 Å². The Morgan fingerprint density at radius 1 is 1.44 bits per heavy atom. The van der Waals surface area contributed by atoms with Crippen LogP contribution in [0.2, 0.25) is 0 Å². The zero-order valence-corrected chi connectivity index (χ0v) is 12.4. The molecule has 0 aliphatic rings. The fraction of sp³-hybridized carbons (Fsp3) is 0.500. The molecule has 0 aliphatic heterocycles. The van der Waals surface area contributed by atoms with Gasteiger partial charge >= 0.3 is 0 Å². The lowest BCUT2D eigenvalue weighted by molar-refractivity contribution is -0.122. The number of hydrogen-bond acceptors (Lipinski definition) is 1. The van der Waals surface area contributed by atoms with Crippen molar-refractivity contribution in [2.24, 2.45) is 0 Å². The van der Waals surface area contributed by atoms with Crippen molar-refractivity contribution in [3.63, 3.8) is 0 Å². The molecule has 1 atom stereocenters. The molecule has 0 aliphatic carbocycles. The molecule has 1 aromatic carbocycles. The number of carbonyl (C=O) groups excluding carboxylic acids is 1. The molecule has 4 heteroatoms. The van der Waals surface area contributed by atoms with E-state index in [0.29, 0.717) is 5.56 Å². The first-order valence-electron chi connectivity index (χ1n) is 6.11. The van der Waals surface area contributed by atoms with Crippen molar-refractivity contribution in [3.05, 3.63) is 35.6 Å². The highest BCUT2D eigenvalue weighted by Gasteiger charge is 2.23. The lowest BCUT2D eigenvalue weighted by Gasteiger charge is -2.29. The number of halogens is 2. The monoisotopic (exact) mass is 315 g/mol. The Morgan fingerprint density at radius 2 is 2.11 bits per heavy atom. The third kappa shape index (κ3) is 4.41. The fourth-order valence-corrected chi connectivity index (χ4v) is 2.61. The van der Waals surface area contributed by atoms with Gasteiger partial charge in [0.15, 0.2) is 0 Å². The van der Waals surface area contributed by atoms with Crippen LogP contribution in [0.5, 0.6) is 0 Å². The van der Waals surface area contributed by atoms with Crippen LogP contribution in [0.4, 0.5) is 4.39 Å². The van der Waals surface area contributed by atoms with Crippen LogP contribution in [-0.4, -0.2) is 16.8 Å². The quantitative estimate of drug-likeness (QED) is 0.800. The Balaban J connectivity index is 2.64. The highest BCUT2D eigenvalue weighted by molar-refractivity contribution is 9.09. The van der Waals surface area contributed by atoms with Crippen molar-refractivity contribution in [2.45, 2.75) is 38.6 Å². The van der Waals surface area contributed by atoms with Gasteiger partial charge < -0.3 is 5.32 Å². The number of rotatable bonds is 6. The molecule has 0 spiro atoms. The number of alkyl halides is 1. The van der Waals surface area contributed by atoms with Gasteiger partial charge in [-0.05, 0) is 31.4 Å². The first kappa shape index (κ1) is 15.2. The summed E-state index contributed by atoms with van der Waals surface area (Å²) < 4.78 is 13.4. The van der Waals surface area contributed by atoms with E-state index in [9.17, 15) is 9.18 Å². The third-order valence-corrected chi connectivity index (χ3v) is 3.57. The van der Waals surface area contributed by atoms with E-state index < -0.39 is 0 Å². The summed E-state index contributed by atoms with van der Waals surface area (Å²) in [4.78, 5) is 11.9. The maximum Gasteiger partial charge on any atom is 0.224 e. The lowest BCUT2D eigenvalue weighted by Crippen LogP contribution is -2.46. The molecule has 1 N–H and O–H groups in total. The van der Waals surface area contributed by atoms with E-state index in [4.69, 9.17) is 0 Å². The molecule has 0 saturated heterocycles. The average Bonchev–Trinajstić information content (AvgIpc) is 2.32. The Morgan fingerprint density at radius 3 is 2.67 bits per heavy atom. The van der Waals surface area contributed by atoms with Gasteiger partial charge in [0.1, 0.15) is 5.82 Å². The van der Waals surface area contributed by atoms with Gasteiger partial charge in [-0.2, -0.15) is 0 Å². The van der Waals surface area contributed by atoms with E-state index in [1.807, 2.05) is 13.8 Å². The average molecular weight is 316 g/mol. The molecule has 2 nitrogen and oxygen atoms in total. The highest BCUT2D eigenvalue weighted by atomic mass is 79.9. The summed E-state index contributed by atoms with van der Waals surface area (Å²) in [5.41, 5.74) is 0.207. The minimum atomic E-state index is -0.327. The molecule has 1 rings (SSSR count). The van der Waals surface area contributed by atoms with Crippen LogP contribution < -0.4 is 5.32 Å². The third-order valence-electron chi connectivity index (χ3n) is 3.18.